The average Bonchev–Trinajstić information content (AvgIpc) is 2.34. The first-order valence-electron chi connectivity index (χ1n) is 7.36. The molecule has 0 fully saturated rings. The van der Waals surface area contributed by atoms with E-state index in [0.717, 1.165) is 12.8 Å². The molecule has 0 saturated heterocycles. The Hall–Kier alpha value is -0.850. The Morgan fingerprint density at radius 1 is 1.30 bits per heavy atom. The fourth-order valence-corrected chi connectivity index (χ4v) is 1.83. The summed E-state index contributed by atoms with van der Waals surface area (Å²) in [7, 11) is 0. The molecule has 6 nitrogen and oxygen atoms in total. The first-order chi connectivity index (χ1) is 9.32. The first-order valence-corrected chi connectivity index (χ1v) is 7.36. The van der Waals surface area contributed by atoms with Gasteiger partial charge in [0.15, 0.2) is 0 Å². The summed E-state index contributed by atoms with van der Waals surface area (Å²) in [5, 5.41) is 15.1. The van der Waals surface area contributed by atoms with Crippen LogP contribution >= 0.6 is 0 Å². The molecule has 0 saturated carbocycles. The Bertz CT molecular complexity index is 267. The van der Waals surface area contributed by atoms with Gasteiger partial charge in [-0.3, -0.25) is 0 Å². The van der Waals surface area contributed by atoms with Crippen molar-refractivity contribution < 1.29 is 14.6 Å². The lowest BCUT2D eigenvalue weighted by atomic mass is 10.1. The summed E-state index contributed by atoms with van der Waals surface area (Å²) in [5.41, 5.74) is 5.24. The van der Waals surface area contributed by atoms with Crippen LogP contribution in [0.1, 0.15) is 47.0 Å². The third-order valence-electron chi connectivity index (χ3n) is 2.89. The number of nitrogens with two attached hydrogens (primary N) is 1. The van der Waals surface area contributed by atoms with Crippen LogP contribution in [-0.2, 0) is 4.74 Å². The SMILES string of the molecule is CCC(CCO)NC(CN)CCNC(=O)OC(C)(C)C. The van der Waals surface area contributed by atoms with Gasteiger partial charge in [0.2, 0.25) is 0 Å². The lowest BCUT2D eigenvalue weighted by molar-refractivity contribution is 0.0526. The van der Waals surface area contributed by atoms with Crippen molar-refractivity contribution in [1.29, 1.82) is 0 Å². The van der Waals surface area contributed by atoms with Gasteiger partial charge in [-0.15, -0.1) is 0 Å². The standard InChI is InChI=1S/C14H31N3O3/c1-5-11(7-9-18)17-12(10-15)6-8-16-13(19)20-14(2,3)4/h11-12,17-18H,5-10,15H2,1-4H3,(H,16,19). The number of amides is 1. The fourth-order valence-electron chi connectivity index (χ4n) is 1.83. The lowest BCUT2D eigenvalue weighted by Crippen LogP contribution is -2.45. The number of aliphatic hydroxyl groups is 1. The normalized spacial score (nSPS) is 14.7. The van der Waals surface area contributed by atoms with Gasteiger partial charge in [-0.2, -0.15) is 0 Å². The van der Waals surface area contributed by atoms with Crippen molar-refractivity contribution in [2.24, 2.45) is 5.73 Å². The summed E-state index contributed by atoms with van der Waals surface area (Å²) >= 11 is 0. The highest BCUT2D eigenvalue weighted by Crippen LogP contribution is 2.06. The van der Waals surface area contributed by atoms with Crippen LogP contribution in [0.2, 0.25) is 0 Å². The molecule has 0 aromatic rings. The highest BCUT2D eigenvalue weighted by Gasteiger charge is 2.17. The minimum absolute atomic E-state index is 0.126. The molecule has 0 heterocycles. The molecule has 0 bridgehead atoms. The molecule has 5 N–H and O–H groups in total. The molecule has 0 spiro atoms. The summed E-state index contributed by atoms with van der Waals surface area (Å²) in [4.78, 5) is 11.5. The smallest absolute Gasteiger partial charge is 0.407 e. The maximum absolute atomic E-state index is 11.5. The van der Waals surface area contributed by atoms with E-state index in [2.05, 4.69) is 17.6 Å². The van der Waals surface area contributed by atoms with Gasteiger partial charge in [-0.25, -0.2) is 4.79 Å². The fraction of sp³-hybridized carbons (Fsp3) is 0.929. The first kappa shape index (κ1) is 19.1. The molecule has 6 heteroatoms. The molecule has 0 aliphatic heterocycles. The molecule has 0 aliphatic carbocycles. The van der Waals surface area contributed by atoms with Gasteiger partial charge in [0.25, 0.3) is 0 Å². The van der Waals surface area contributed by atoms with Crippen LogP contribution in [0.4, 0.5) is 4.79 Å². The zero-order valence-electron chi connectivity index (χ0n) is 13.2. The van der Waals surface area contributed by atoms with Gasteiger partial charge in [-0.1, -0.05) is 6.92 Å². The minimum Gasteiger partial charge on any atom is -0.444 e. The molecule has 1 amide bonds. The van der Waals surface area contributed by atoms with E-state index in [9.17, 15) is 4.79 Å². The predicted molar refractivity (Wildman–Crippen MR) is 80.6 cm³/mol. The van der Waals surface area contributed by atoms with Crippen molar-refractivity contribution in [3.8, 4) is 0 Å². The number of nitrogens with one attached hydrogen (secondary N) is 2. The van der Waals surface area contributed by atoms with E-state index < -0.39 is 11.7 Å². The molecule has 20 heavy (non-hydrogen) atoms. The monoisotopic (exact) mass is 289 g/mol. The molecule has 120 valence electrons. The topological polar surface area (TPSA) is 96.6 Å². The summed E-state index contributed by atoms with van der Waals surface area (Å²) in [6, 6.07) is 0.386. The van der Waals surface area contributed by atoms with Crippen molar-refractivity contribution in [3.63, 3.8) is 0 Å². The Morgan fingerprint density at radius 3 is 2.40 bits per heavy atom. The number of alkyl carbamates (subject to hydrolysis) is 1. The second-order valence-electron chi connectivity index (χ2n) is 5.93. The van der Waals surface area contributed by atoms with Gasteiger partial charge in [0.05, 0.1) is 0 Å². The third kappa shape index (κ3) is 10.00. The predicted octanol–water partition coefficient (Wildman–Crippen LogP) is 0.979. The van der Waals surface area contributed by atoms with Gasteiger partial charge < -0.3 is 26.2 Å². The lowest BCUT2D eigenvalue weighted by Gasteiger charge is -2.24. The highest BCUT2D eigenvalue weighted by atomic mass is 16.6. The second kappa shape index (κ2) is 9.96. The molecule has 0 aromatic carbocycles. The number of carbonyl (C=O) groups is 1. The number of rotatable bonds is 9. The summed E-state index contributed by atoms with van der Waals surface area (Å²) in [5.74, 6) is 0. The van der Waals surface area contributed by atoms with E-state index >= 15 is 0 Å². The molecule has 0 aromatic heterocycles. The van der Waals surface area contributed by atoms with Crippen molar-refractivity contribution in [1.82, 2.24) is 10.6 Å². The number of aliphatic hydroxyl groups excluding tert-OH is 1. The van der Waals surface area contributed by atoms with Crippen LogP contribution in [0.25, 0.3) is 0 Å². The Labute approximate surface area is 122 Å². The third-order valence-corrected chi connectivity index (χ3v) is 2.89. The van der Waals surface area contributed by atoms with Gasteiger partial charge in [0.1, 0.15) is 5.60 Å². The van der Waals surface area contributed by atoms with Crippen molar-refractivity contribution in [2.75, 3.05) is 19.7 Å². The van der Waals surface area contributed by atoms with Gasteiger partial charge in [0, 0.05) is 31.8 Å². The van der Waals surface area contributed by atoms with E-state index in [4.69, 9.17) is 15.6 Å². The molecular weight excluding hydrogens is 258 g/mol. The van der Waals surface area contributed by atoms with E-state index in [-0.39, 0.29) is 18.7 Å². The van der Waals surface area contributed by atoms with Crippen LogP contribution in [0.3, 0.4) is 0 Å². The molecule has 0 radical (unpaired) electrons. The maximum atomic E-state index is 11.5. The minimum atomic E-state index is -0.482. The van der Waals surface area contributed by atoms with Crippen LogP contribution in [-0.4, -0.2) is 48.6 Å². The molecule has 2 unspecified atom stereocenters. The molecule has 0 aliphatic rings. The van der Waals surface area contributed by atoms with Crippen LogP contribution < -0.4 is 16.4 Å². The highest BCUT2D eigenvalue weighted by molar-refractivity contribution is 5.67. The molecule has 2 atom stereocenters. The zero-order valence-corrected chi connectivity index (χ0v) is 13.2. The molecule has 0 rings (SSSR count). The number of carbonyl (C=O) groups excluding carboxylic acids is 1. The van der Waals surface area contributed by atoms with E-state index in [1.54, 1.807) is 0 Å². The van der Waals surface area contributed by atoms with E-state index in [1.165, 1.54) is 0 Å². The van der Waals surface area contributed by atoms with E-state index in [0.29, 0.717) is 19.5 Å². The van der Waals surface area contributed by atoms with Crippen molar-refractivity contribution in [2.45, 2.75) is 64.6 Å². The van der Waals surface area contributed by atoms with Crippen LogP contribution in [0, 0.1) is 0 Å². The Morgan fingerprint density at radius 2 is 1.95 bits per heavy atom. The van der Waals surface area contributed by atoms with Gasteiger partial charge >= 0.3 is 6.09 Å². The van der Waals surface area contributed by atoms with Crippen molar-refractivity contribution in [3.05, 3.63) is 0 Å². The summed E-state index contributed by atoms with van der Waals surface area (Å²) < 4.78 is 5.16. The largest absolute Gasteiger partial charge is 0.444 e. The van der Waals surface area contributed by atoms with E-state index in [1.807, 2.05) is 20.8 Å². The van der Waals surface area contributed by atoms with Crippen LogP contribution in [0.15, 0.2) is 0 Å². The molecular formula is C14H31N3O3. The number of hydrogen-bond acceptors (Lipinski definition) is 5. The number of hydrogen-bond donors (Lipinski definition) is 4. The Balaban J connectivity index is 3.98. The quantitative estimate of drug-likeness (QED) is 0.507. The summed E-state index contributed by atoms with van der Waals surface area (Å²) in [6.45, 7) is 8.74. The van der Waals surface area contributed by atoms with Crippen molar-refractivity contribution >= 4 is 6.09 Å². The summed E-state index contributed by atoms with van der Waals surface area (Å²) in [6.07, 6.45) is 1.98. The second-order valence-corrected chi connectivity index (χ2v) is 5.93. The number of ether oxygens (including phenoxy) is 1. The Kier molecular flexibility index (Phi) is 9.54. The maximum Gasteiger partial charge on any atom is 0.407 e. The van der Waals surface area contributed by atoms with Crippen LogP contribution in [0.5, 0.6) is 0 Å². The van der Waals surface area contributed by atoms with Gasteiger partial charge in [-0.05, 0) is 40.0 Å². The average molecular weight is 289 g/mol. The zero-order chi connectivity index (χ0) is 15.6.